The van der Waals surface area contributed by atoms with E-state index in [1.165, 1.54) is 0 Å². The number of ether oxygens (including phenoxy) is 2. The minimum atomic E-state index is -0.365. The van der Waals surface area contributed by atoms with Crippen molar-refractivity contribution >= 4 is 11.6 Å². The molecule has 1 aliphatic rings. The number of aromatic amines is 1. The number of β-amino-alcohol motifs (C(OH)–C–C–N with tert-alkyl or cyclic N) is 1. The van der Waals surface area contributed by atoms with Crippen LogP contribution >= 0.6 is 11.6 Å². The molecule has 2 aromatic rings. The molecule has 0 amide bonds. The number of rotatable bonds is 7. The number of H-pyrrole nitrogens is 1. The highest BCUT2D eigenvalue weighted by molar-refractivity contribution is 6.31. The fourth-order valence-electron chi connectivity index (χ4n) is 3.49. The van der Waals surface area contributed by atoms with Crippen LogP contribution in [0.3, 0.4) is 0 Å². The maximum absolute atomic E-state index is 10.4. The van der Waals surface area contributed by atoms with Gasteiger partial charge in [0.05, 0.1) is 25.5 Å². The van der Waals surface area contributed by atoms with Gasteiger partial charge in [0, 0.05) is 42.3 Å². The van der Waals surface area contributed by atoms with E-state index in [0.29, 0.717) is 36.2 Å². The van der Waals surface area contributed by atoms with Gasteiger partial charge in [0.15, 0.2) is 11.5 Å². The molecular formula is C19H26ClN3O3. The van der Waals surface area contributed by atoms with E-state index >= 15 is 0 Å². The van der Waals surface area contributed by atoms with Gasteiger partial charge in [-0.3, -0.25) is 10.00 Å². The summed E-state index contributed by atoms with van der Waals surface area (Å²) >= 11 is 6.43. The number of nitrogens with zero attached hydrogens (tertiary/aromatic N) is 2. The third-order valence-electron chi connectivity index (χ3n) is 4.74. The molecule has 2 N–H and O–H groups in total. The molecule has 1 fully saturated rings. The number of nitrogens with one attached hydrogen (secondary N) is 1. The van der Waals surface area contributed by atoms with Gasteiger partial charge in [-0.15, -0.1) is 0 Å². The first-order valence-electron chi connectivity index (χ1n) is 8.90. The van der Waals surface area contributed by atoms with Gasteiger partial charge in [0.2, 0.25) is 0 Å². The molecule has 26 heavy (non-hydrogen) atoms. The van der Waals surface area contributed by atoms with Crippen LogP contribution in [0.25, 0.3) is 0 Å². The van der Waals surface area contributed by atoms with E-state index < -0.39 is 0 Å². The van der Waals surface area contributed by atoms with E-state index in [9.17, 15) is 5.11 Å². The largest absolute Gasteiger partial charge is 0.493 e. The van der Waals surface area contributed by atoms with Crippen molar-refractivity contribution in [1.29, 1.82) is 0 Å². The molecule has 3 rings (SSSR count). The van der Waals surface area contributed by atoms with Crippen LogP contribution in [0.4, 0.5) is 0 Å². The first-order chi connectivity index (χ1) is 12.5. The van der Waals surface area contributed by atoms with Gasteiger partial charge >= 0.3 is 0 Å². The zero-order chi connectivity index (χ0) is 18.7. The minimum absolute atomic E-state index is 0.168. The topological polar surface area (TPSA) is 70.6 Å². The smallest absolute Gasteiger partial charge is 0.162 e. The average molecular weight is 380 g/mol. The number of likely N-dealkylation sites (tertiary alicyclic amines) is 1. The van der Waals surface area contributed by atoms with Gasteiger partial charge in [0.25, 0.3) is 0 Å². The maximum Gasteiger partial charge on any atom is 0.162 e. The monoisotopic (exact) mass is 379 g/mol. The Morgan fingerprint density at radius 2 is 2.12 bits per heavy atom. The number of methoxy groups -OCH3 is 1. The van der Waals surface area contributed by atoms with Crippen LogP contribution in [0.5, 0.6) is 11.5 Å². The first kappa shape index (κ1) is 19.0. The molecule has 1 aromatic carbocycles. The normalized spacial score (nSPS) is 20.5. The lowest BCUT2D eigenvalue weighted by atomic mass is 10.0. The summed E-state index contributed by atoms with van der Waals surface area (Å²) in [5, 5.41) is 18.3. The number of halogens is 1. The second-order valence-corrected chi connectivity index (χ2v) is 7.20. The maximum atomic E-state index is 10.4. The number of aryl methyl sites for hydroxylation is 1. The van der Waals surface area contributed by atoms with E-state index in [1.807, 2.05) is 26.0 Å². The van der Waals surface area contributed by atoms with E-state index in [2.05, 4.69) is 15.1 Å². The molecule has 1 saturated heterocycles. The molecule has 142 valence electrons. The zero-order valence-electron chi connectivity index (χ0n) is 15.5. The number of benzene rings is 1. The second-order valence-electron chi connectivity index (χ2n) is 6.80. The highest BCUT2D eigenvalue weighted by Gasteiger charge is 2.32. The predicted molar refractivity (Wildman–Crippen MR) is 101 cm³/mol. The van der Waals surface area contributed by atoms with Crippen molar-refractivity contribution in [2.45, 2.75) is 32.9 Å². The van der Waals surface area contributed by atoms with Crippen molar-refractivity contribution in [3.05, 3.63) is 40.2 Å². The van der Waals surface area contributed by atoms with E-state index in [1.54, 1.807) is 13.2 Å². The van der Waals surface area contributed by atoms with Crippen molar-refractivity contribution < 1.29 is 14.6 Å². The molecule has 1 aromatic heterocycles. The van der Waals surface area contributed by atoms with E-state index in [-0.39, 0.29) is 12.0 Å². The number of hydrogen-bond acceptors (Lipinski definition) is 5. The second kappa shape index (κ2) is 8.29. The van der Waals surface area contributed by atoms with Crippen LogP contribution < -0.4 is 9.47 Å². The lowest BCUT2D eigenvalue weighted by Crippen LogP contribution is -2.21. The van der Waals surface area contributed by atoms with Crippen molar-refractivity contribution in [2.75, 3.05) is 26.8 Å². The predicted octanol–water partition coefficient (Wildman–Crippen LogP) is 2.81. The average Bonchev–Trinajstić information content (AvgIpc) is 3.16. The summed E-state index contributed by atoms with van der Waals surface area (Å²) in [5.41, 5.74) is 3.01. The van der Waals surface area contributed by atoms with E-state index in [0.717, 1.165) is 29.9 Å². The zero-order valence-corrected chi connectivity index (χ0v) is 16.2. The minimum Gasteiger partial charge on any atom is -0.493 e. The molecule has 0 aliphatic carbocycles. The summed E-state index contributed by atoms with van der Waals surface area (Å²) in [6.07, 6.45) is 0.401. The molecule has 1 aliphatic heterocycles. The Labute approximate surface area is 159 Å². The summed E-state index contributed by atoms with van der Waals surface area (Å²) in [5.74, 6) is 1.49. The molecule has 0 saturated carbocycles. The molecule has 0 radical (unpaired) electrons. The molecular weight excluding hydrogens is 354 g/mol. The van der Waals surface area contributed by atoms with E-state index in [4.69, 9.17) is 21.1 Å². The summed E-state index contributed by atoms with van der Waals surface area (Å²) in [7, 11) is 1.60. The number of hydrogen-bond donors (Lipinski definition) is 2. The number of aromatic nitrogens is 2. The van der Waals surface area contributed by atoms with Gasteiger partial charge in [-0.1, -0.05) is 11.6 Å². The molecule has 2 heterocycles. The van der Waals surface area contributed by atoms with Crippen LogP contribution in [-0.2, 0) is 13.0 Å². The van der Waals surface area contributed by atoms with Crippen molar-refractivity contribution in [2.24, 2.45) is 5.92 Å². The number of aliphatic hydroxyl groups is 1. The third kappa shape index (κ3) is 4.31. The Hall–Kier alpha value is -1.76. The van der Waals surface area contributed by atoms with Gasteiger partial charge in [-0.25, -0.2) is 0 Å². The fraction of sp³-hybridized carbons (Fsp3) is 0.526. The first-order valence-corrected chi connectivity index (χ1v) is 9.28. The standard InChI is InChI=1S/C19H26ClN3O3/c1-4-26-19-7-13(16(20)8-18(19)25-3)9-23-10-14(17(24)11-23)6-15-5-12(2)21-22-15/h5,7-8,14,17,24H,4,6,9-11H2,1-3H3,(H,21,22)/t14-,17-/m1/s1. The molecule has 0 bridgehead atoms. The summed E-state index contributed by atoms with van der Waals surface area (Å²) in [4.78, 5) is 2.22. The summed E-state index contributed by atoms with van der Waals surface area (Å²) in [6, 6.07) is 5.75. The number of aliphatic hydroxyl groups excluding tert-OH is 1. The molecule has 0 unspecified atom stereocenters. The molecule has 2 atom stereocenters. The van der Waals surface area contributed by atoms with Crippen LogP contribution in [0.1, 0.15) is 23.9 Å². The summed E-state index contributed by atoms with van der Waals surface area (Å²) < 4.78 is 11.0. The van der Waals surface area contributed by atoms with Crippen LogP contribution in [0, 0.1) is 12.8 Å². The Kier molecular flexibility index (Phi) is 6.06. The Morgan fingerprint density at radius 1 is 1.31 bits per heavy atom. The SMILES string of the molecule is CCOc1cc(CN2C[C@@H](Cc3cc(C)[nH]n3)[C@H](O)C2)c(Cl)cc1OC. The fourth-order valence-corrected chi connectivity index (χ4v) is 3.70. The van der Waals surface area contributed by atoms with Gasteiger partial charge in [0.1, 0.15) is 0 Å². The lowest BCUT2D eigenvalue weighted by molar-refractivity contribution is 0.140. The van der Waals surface area contributed by atoms with Gasteiger partial charge in [-0.2, -0.15) is 5.10 Å². The Bertz CT molecular complexity index is 750. The highest BCUT2D eigenvalue weighted by Crippen LogP contribution is 2.34. The third-order valence-corrected chi connectivity index (χ3v) is 5.09. The highest BCUT2D eigenvalue weighted by atomic mass is 35.5. The van der Waals surface area contributed by atoms with Crippen LogP contribution in [-0.4, -0.2) is 53.1 Å². The molecule has 0 spiro atoms. The quantitative estimate of drug-likeness (QED) is 0.774. The Morgan fingerprint density at radius 3 is 2.77 bits per heavy atom. The van der Waals surface area contributed by atoms with Crippen LogP contribution in [0.15, 0.2) is 18.2 Å². The lowest BCUT2D eigenvalue weighted by Gasteiger charge is -2.18. The summed E-state index contributed by atoms with van der Waals surface area (Å²) in [6.45, 7) is 6.57. The molecule has 7 heteroatoms. The van der Waals surface area contributed by atoms with Crippen molar-refractivity contribution in [3.63, 3.8) is 0 Å². The molecule has 6 nitrogen and oxygen atoms in total. The Balaban J connectivity index is 1.68. The van der Waals surface area contributed by atoms with Crippen molar-refractivity contribution in [3.8, 4) is 11.5 Å². The van der Waals surface area contributed by atoms with Gasteiger partial charge < -0.3 is 14.6 Å². The van der Waals surface area contributed by atoms with Crippen molar-refractivity contribution in [1.82, 2.24) is 15.1 Å². The van der Waals surface area contributed by atoms with Gasteiger partial charge in [-0.05, 0) is 38.0 Å². The van der Waals surface area contributed by atoms with Crippen LogP contribution in [0.2, 0.25) is 5.02 Å².